The molecule has 2 amide bonds. The minimum Gasteiger partial charge on any atom is -0.455 e. The second kappa shape index (κ2) is 6.70. The second-order valence-corrected chi connectivity index (χ2v) is 6.87. The summed E-state index contributed by atoms with van der Waals surface area (Å²) in [6.07, 6.45) is 3.33. The summed E-state index contributed by atoms with van der Waals surface area (Å²) in [6.45, 7) is 5.94. The molecule has 2 N–H and O–H groups in total. The Kier molecular flexibility index (Phi) is 4.61. The molecule has 6 nitrogen and oxygen atoms in total. The zero-order chi connectivity index (χ0) is 18.0. The van der Waals surface area contributed by atoms with Crippen molar-refractivity contribution in [2.45, 2.75) is 39.5 Å². The molecule has 0 unspecified atom stereocenters. The van der Waals surface area contributed by atoms with Gasteiger partial charge in [-0.3, -0.25) is 14.9 Å². The van der Waals surface area contributed by atoms with E-state index in [1.54, 1.807) is 0 Å². The standard InChI is InChI=1S/C19H23N3O3/c1-4-19(3,17(24)22-18-21-16(23)11-25-18)9-12(2)14-10-20-15-8-6-5-7-13(14)15/h5-8,10,12,20H,4,9,11H2,1-3H3,(H,21,22,23,24)/t12-,19+/m1/s1. The molecule has 3 rings (SSSR count). The summed E-state index contributed by atoms with van der Waals surface area (Å²) in [5.74, 6) is -0.361. The Bertz CT molecular complexity index is 839. The predicted molar refractivity (Wildman–Crippen MR) is 96.3 cm³/mol. The van der Waals surface area contributed by atoms with Gasteiger partial charge in [0.2, 0.25) is 0 Å². The molecule has 0 spiro atoms. The molecule has 1 aromatic carbocycles. The van der Waals surface area contributed by atoms with Crippen LogP contribution in [0.15, 0.2) is 35.5 Å². The van der Waals surface area contributed by atoms with Gasteiger partial charge in [0, 0.05) is 22.5 Å². The SMILES string of the molecule is CC[C@@](C)(C[C@@H](C)c1c[nH]c2ccccc12)C(=O)N=C1NC(=O)CO1. The van der Waals surface area contributed by atoms with Gasteiger partial charge in [-0.15, -0.1) is 0 Å². The number of H-pyrrole nitrogens is 1. The monoisotopic (exact) mass is 341 g/mol. The van der Waals surface area contributed by atoms with E-state index in [0.717, 1.165) is 5.52 Å². The van der Waals surface area contributed by atoms with Crippen LogP contribution in [-0.2, 0) is 14.3 Å². The molecular formula is C19H23N3O3. The minimum absolute atomic E-state index is 0.00872. The highest BCUT2D eigenvalue weighted by Gasteiger charge is 2.35. The number of ether oxygens (including phenoxy) is 1. The summed E-state index contributed by atoms with van der Waals surface area (Å²) in [6, 6.07) is 8.16. The van der Waals surface area contributed by atoms with Crippen molar-refractivity contribution in [2.75, 3.05) is 6.61 Å². The molecule has 25 heavy (non-hydrogen) atoms. The number of aromatic amines is 1. The lowest BCUT2D eigenvalue weighted by molar-refractivity contribution is -0.127. The van der Waals surface area contributed by atoms with E-state index in [4.69, 9.17) is 4.74 Å². The van der Waals surface area contributed by atoms with E-state index in [9.17, 15) is 9.59 Å². The van der Waals surface area contributed by atoms with E-state index in [0.29, 0.717) is 12.8 Å². The fourth-order valence-corrected chi connectivity index (χ4v) is 3.28. The third-order valence-electron chi connectivity index (χ3n) is 4.99. The lowest BCUT2D eigenvalue weighted by atomic mass is 9.76. The van der Waals surface area contributed by atoms with E-state index >= 15 is 0 Å². The van der Waals surface area contributed by atoms with Gasteiger partial charge in [-0.05, 0) is 30.4 Å². The van der Waals surface area contributed by atoms with Gasteiger partial charge in [0.25, 0.3) is 17.8 Å². The summed E-state index contributed by atoms with van der Waals surface area (Å²) in [5, 5.41) is 3.63. The van der Waals surface area contributed by atoms with E-state index in [1.165, 1.54) is 10.9 Å². The number of fused-ring (bicyclic) bond motifs is 1. The number of amidine groups is 1. The van der Waals surface area contributed by atoms with Gasteiger partial charge >= 0.3 is 0 Å². The van der Waals surface area contributed by atoms with Crippen LogP contribution in [0.3, 0.4) is 0 Å². The van der Waals surface area contributed by atoms with Crippen LogP contribution >= 0.6 is 0 Å². The maximum absolute atomic E-state index is 12.7. The molecule has 6 heteroatoms. The highest BCUT2D eigenvalue weighted by atomic mass is 16.5. The first-order valence-corrected chi connectivity index (χ1v) is 8.55. The van der Waals surface area contributed by atoms with Gasteiger partial charge in [0.15, 0.2) is 6.61 Å². The van der Waals surface area contributed by atoms with Gasteiger partial charge in [-0.1, -0.05) is 39.0 Å². The number of nitrogens with zero attached hydrogens (tertiary/aromatic N) is 1. The van der Waals surface area contributed by atoms with Crippen LogP contribution < -0.4 is 5.32 Å². The third-order valence-corrected chi connectivity index (χ3v) is 4.99. The van der Waals surface area contributed by atoms with Crippen LogP contribution in [0.5, 0.6) is 0 Å². The van der Waals surface area contributed by atoms with Crippen LogP contribution in [0.2, 0.25) is 0 Å². The van der Waals surface area contributed by atoms with Crippen molar-refractivity contribution in [1.29, 1.82) is 0 Å². The zero-order valence-corrected chi connectivity index (χ0v) is 14.8. The molecule has 2 aromatic rings. The Balaban J connectivity index is 1.80. The normalized spacial score (nSPS) is 19.5. The minimum atomic E-state index is -0.624. The fourth-order valence-electron chi connectivity index (χ4n) is 3.28. The number of aromatic nitrogens is 1. The van der Waals surface area contributed by atoms with E-state index < -0.39 is 5.41 Å². The molecule has 0 bridgehead atoms. The first kappa shape index (κ1) is 17.2. The van der Waals surface area contributed by atoms with Crippen molar-refractivity contribution in [3.05, 3.63) is 36.0 Å². The maximum Gasteiger partial charge on any atom is 0.299 e. The quantitative estimate of drug-likeness (QED) is 0.876. The molecule has 0 saturated carbocycles. The number of para-hydroxylation sites is 1. The van der Waals surface area contributed by atoms with Crippen LogP contribution in [0.25, 0.3) is 10.9 Å². The van der Waals surface area contributed by atoms with Gasteiger partial charge < -0.3 is 9.72 Å². The Morgan fingerprint density at radius 2 is 2.16 bits per heavy atom. The number of carbonyl (C=O) groups excluding carboxylic acids is 2. The Labute approximate surface area is 146 Å². The molecule has 0 aliphatic carbocycles. The number of amides is 2. The molecule has 1 fully saturated rings. The van der Waals surface area contributed by atoms with E-state index in [1.807, 2.05) is 38.2 Å². The largest absolute Gasteiger partial charge is 0.455 e. The third kappa shape index (κ3) is 3.43. The summed E-state index contributed by atoms with van der Waals surface area (Å²) in [7, 11) is 0. The number of benzene rings is 1. The number of rotatable bonds is 5. The van der Waals surface area contributed by atoms with Crippen molar-refractivity contribution in [3.63, 3.8) is 0 Å². The first-order chi connectivity index (χ1) is 11.9. The molecular weight excluding hydrogens is 318 g/mol. The van der Waals surface area contributed by atoms with Gasteiger partial charge in [0.1, 0.15) is 0 Å². The lowest BCUT2D eigenvalue weighted by Gasteiger charge is -2.27. The number of nitrogens with one attached hydrogen (secondary N) is 2. The molecule has 132 valence electrons. The van der Waals surface area contributed by atoms with Crippen LogP contribution in [0, 0.1) is 5.41 Å². The molecule has 2 atom stereocenters. The highest BCUT2D eigenvalue weighted by Crippen LogP contribution is 2.38. The molecule has 0 radical (unpaired) electrons. The molecule has 1 aromatic heterocycles. The smallest absolute Gasteiger partial charge is 0.299 e. The number of aliphatic imine (C=N–C) groups is 1. The maximum atomic E-state index is 12.7. The van der Waals surface area contributed by atoms with Gasteiger partial charge in [0.05, 0.1) is 0 Å². The number of hydrogen-bond donors (Lipinski definition) is 2. The van der Waals surface area contributed by atoms with E-state index in [-0.39, 0.29) is 30.4 Å². The van der Waals surface area contributed by atoms with Crippen molar-refractivity contribution in [3.8, 4) is 0 Å². The summed E-state index contributed by atoms with van der Waals surface area (Å²) in [5.41, 5.74) is 1.67. The fraction of sp³-hybridized carbons (Fsp3) is 0.421. The van der Waals surface area contributed by atoms with E-state index in [2.05, 4.69) is 28.3 Å². The summed E-state index contributed by atoms with van der Waals surface area (Å²) >= 11 is 0. The molecule has 1 aliphatic rings. The number of hydrogen-bond acceptors (Lipinski definition) is 3. The van der Waals surface area contributed by atoms with Crippen LogP contribution in [0.1, 0.15) is 45.1 Å². The lowest BCUT2D eigenvalue weighted by Crippen LogP contribution is -2.30. The molecule has 1 saturated heterocycles. The Hall–Kier alpha value is -2.63. The average molecular weight is 341 g/mol. The van der Waals surface area contributed by atoms with Gasteiger partial charge in [-0.2, -0.15) is 4.99 Å². The van der Waals surface area contributed by atoms with Crippen LogP contribution in [0.4, 0.5) is 0 Å². The van der Waals surface area contributed by atoms with Crippen molar-refractivity contribution < 1.29 is 14.3 Å². The zero-order valence-electron chi connectivity index (χ0n) is 14.8. The number of carbonyl (C=O) groups is 2. The predicted octanol–water partition coefficient (Wildman–Crippen LogP) is 3.11. The van der Waals surface area contributed by atoms with Crippen LogP contribution in [-0.4, -0.2) is 29.4 Å². The summed E-state index contributed by atoms with van der Waals surface area (Å²) < 4.78 is 5.07. The highest BCUT2D eigenvalue weighted by molar-refractivity contribution is 6.04. The van der Waals surface area contributed by atoms with Crippen molar-refractivity contribution in [1.82, 2.24) is 10.3 Å². The molecule has 1 aliphatic heterocycles. The first-order valence-electron chi connectivity index (χ1n) is 8.55. The Morgan fingerprint density at radius 3 is 2.84 bits per heavy atom. The average Bonchev–Trinajstić information content (AvgIpc) is 3.20. The Morgan fingerprint density at radius 1 is 1.40 bits per heavy atom. The summed E-state index contributed by atoms with van der Waals surface area (Å²) in [4.78, 5) is 31.1. The van der Waals surface area contributed by atoms with Gasteiger partial charge in [-0.25, -0.2) is 0 Å². The molecule has 2 heterocycles. The van der Waals surface area contributed by atoms with Crippen molar-refractivity contribution >= 4 is 28.7 Å². The van der Waals surface area contributed by atoms with Crippen molar-refractivity contribution in [2.24, 2.45) is 10.4 Å². The topological polar surface area (TPSA) is 83.5 Å². The second-order valence-electron chi connectivity index (χ2n) is 6.87.